The van der Waals surface area contributed by atoms with Crippen molar-refractivity contribution in [2.45, 2.75) is 56.1 Å². The molecule has 1 N–H and O–H groups in total. The third-order valence-corrected chi connectivity index (χ3v) is 9.35. The Morgan fingerprint density at radius 1 is 1.02 bits per heavy atom. The minimum absolute atomic E-state index is 0.0443. The Kier molecular flexibility index (Phi) is 9.77. The van der Waals surface area contributed by atoms with E-state index in [2.05, 4.69) is 21.2 Å². The predicted octanol–water partition coefficient (Wildman–Crippen LogP) is 5.03. The van der Waals surface area contributed by atoms with Crippen LogP contribution in [0, 0.1) is 10.1 Å². The highest BCUT2D eigenvalue weighted by Gasteiger charge is 2.33. The normalized spacial score (nSPS) is 14.3. The Labute approximate surface area is 247 Å². The molecule has 1 atom stereocenters. The van der Waals surface area contributed by atoms with Gasteiger partial charge in [-0.1, -0.05) is 59.1 Å². The number of non-ortho nitro benzene ring substituents is 1. The number of carbonyl (C=O) groups is 2. The molecule has 1 saturated carbocycles. The number of nitrogens with one attached hydrogen (secondary N) is 1. The van der Waals surface area contributed by atoms with Gasteiger partial charge in [-0.2, -0.15) is 0 Å². The summed E-state index contributed by atoms with van der Waals surface area (Å²) in [7, 11) is -4.25. The lowest BCUT2D eigenvalue weighted by molar-refractivity contribution is -0.384. The molecule has 3 aromatic carbocycles. The third-order valence-electron chi connectivity index (χ3n) is 7.07. The lowest BCUT2D eigenvalue weighted by atomic mass is 10.1. The van der Waals surface area contributed by atoms with Crippen LogP contribution in [-0.2, 0) is 26.2 Å². The third kappa shape index (κ3) is 7.50. The second kappa shape index (κ2) is 13.3. The molecule has 41 heavy (non-hydrogen) atoms. The number of benzene rings is 3. The molecule has 1 aliphatic rings. The van der Waals surface area contributed by atoms with Crippen LogP contribution < -0.4 is 9.62 Å². The molecule has 0 spiro atoms. The molecular weight excluding hydrogens is 612 g/mol. The first-order valence-electron chi connectivity index (χ1n) is 13.2. The van der Waals surface area contributed by atoms with Gasteiger partial charge in [-0.3, -0.25) is 24.0 Å². The van der Waals surface area contributed by atoms with Crippen LogP contribution in [0.25, 0.3) is 0 Å². The fourth-order valence-corrected chi connectivity index (χ4v) is 6.68. The van der Waals surface area contributed by atoms with Crippen LogP contribution >= 0.6 is 15.9 Å². The van der Waals surface area contributed by atoms with Crippen molar-refractivity contribution in [1.29, 1.82) is 0 Å². The number of amides is 2. The average Bonchev–Trinajstić information content (AvgIpc) is 3.47. The maximum absolute atomic E-state index is 14.0. The molecule has 216 valence electrons. The molecule has 0 heterocycles. The molecule has 0 aromatic heterocycles. The summed E-state index contributed by atoms with van der Waals surface area (Å²) in [6.45, 7) is 1.07. The Balaban J connectivity index is 1.69. The molecule has 0 bridgehead atoms. The zero-order valence-corrected chi connectivity index (χ0v) is 24.9. The van der Waals surface area contributed by atoms with Gasteiger partial charge in [-0.05, 0) is 61.7 Å². The van der Waals surface area contributed by atoms with Crippen molar-refractivity contribution in [2.75, 3.05) is 10.8 Å². The van der Waals surface area contributed by atoms with E-state index in [1.54, 1.807) is 25.1 Å². The van der Waals surface area contributed by atoms with Gasteiger partial charge in [-0.15, -0.1) is 0 Å². The summed E-state index contributed by atoms with van der Waals surface area (Å²) < 4.78 is 29.3. The van der Waals surface area contributed by atoms with E-state index in [1.165, 1.54) is 41.3 Å². The Hall–Kier alpha value is -3.77. The van der Waals surface area contributed by atoms with E-state index in [-0.39, 0.29) is 34.8 Å². The standard InChI is InChI=1S/C29H31BrN4O6S/c1-21(29(36)31-24-10-5-6-11-24)32(19-22-8-7-9-23(30)18-22)28(35)20-33(25-14-16-26(17-15-25)34(37)38)41(39,40)27-12-3-2-4-13-27/h2-4,7-9,12-18,21,24H,5-6,10-11,19-20H2,1H3,(H,31,36)/t21-/m1/s1. The monoisotopic (exact) mass is 642 g/mol. The van der Waals surface area contributed by atoms with Crippen LogP contribution in [-0.4, -0.2) is 48.7 Å². The average molecular weight is 644 g/mol. The van der Waals surface area contributed by atoms with Gasteiger partial charge in [0.2, 0.25) is 11.8 Å². The van der Waals surface area contributed by atoms with Crippen LogP contribution in [0.3, 0.4) is 0 Å². The van der Waals surface area contributed by atoms with Gasteiger partial charge < -0.3 is 10.2 Å². The van der Waals surface area contributed by atoms with Gasteiger partial charge >= 0.3 is 0 Å². The van der Waals surface area contributed by atoms with Crippen molar-refractivity contribution in [3.05, 3.63) is 99.0 Å². The molecule has 0 radical (unpaired) electrons. The predicted molar refractivity (Wildman–Crippen MR) is 159 cm³/mol. The van der Waals surface area contributed by atoms with Gasteiger partial charge in [-0.25, -0.2) is 8.42 Å². The fourth-order valence-electron chi connectivity index (χ4n) is 4.80. The molecule has 1 aliphatic carbocycles. The maximum atomic E-state index is 14.0. The highest BCUT2D eigenvalue weighted by molar-refractivity contribution is 9.10. The molecule has 0 saturated heterocycles. The maximum Gasteiger partial charge on any atom is 0.269 e. The number of hydrogen-bond donors (Lipinski definition) is 1. The molecule has 10 nitrogen and oxygen atoms in total. The van der Waals surface area contributed by atoms with Crippen LogP contribution in [0.1, 0.15) is 38.2 Å². The number of halogens is 1. The second-order valence-electron chi connectivity index (χ2n) is 9.92. The van der Waals surface area contributed by atoms with E-state index in [0.717, 1.165) is 40.0 Å². The lowest BCUT2D eigenvalue weighted by Gasteiger charge is -2.32. The highest BCUT2D eigenvalue weighted by Crippen LogP contribution is 2.27. The fraction of sp³-hybridized carbons (Fsp3) is 0.310. The number of nitro benzene ring substituents is 1. The van der Waals surface area contributed by atoms with Gasteiger partial charge in [0.05, 0.1) is 15.5 Å². The summed E-state index contributed by atoms with van der Waals surface area (Å²) in [5, 5.41) is 14.2. The summed E-state index contributed by atoms with van der Waals surface area (Å²) in [6, 6.07) is 19.0. The number of rotatable bonds is 11. The van der Waals surface area contributed by atoms with Gasteiger partial charge in [0.15, 0.2) is 0 Å². The molecule has 1 fully saturated rings. The number of anilines is 1. The van der Waals surface area contributed by atoms with E-state index in [9.17, 15) is 28.1 Å². The number of sulfonamides is 1. The highest BCUT2D eigenvalue weighted by atomic mass is 79.9. The first kappa shape index (κ1) is 30.2. The summed E-state index contributed by atoms with van der Waals surface area (Å²) in [5.74, 6) is -0.912. The zero-order chi connectivity index (χ0) is 29.6. The Morgan fingerprint density at radius 2 is 1.68 bits per heavy atom. The molecule has 12 heteroatoms. The molecule has 0 aliphatic heterocycles. The summed E-state index contributed by atoms with van der Waals surface area (Å²) in [6.07, 6.45) is 3.81. The second-order valence-corrected chi connectivity index (χ2v) is 12.7. The quantitative estimate of drug-likeness (QED) is 0.231. The SMILES string of the molecule is C[C@H](C(=O)NC1CCCC1)N(Cc1cccc(Br)c1)C(=O)CN(c1ccc([N+](=O)[O-])cc1)S(=O)(=O)c1ccccc1. The van der Waals surface area contributed by atoms with Crippen molar-refractivity contribution in [3.8, 4) is 0 Å². The number of carbonyl (C=O) groups excluding carboxylic acids is 2. The minimum Gasteiger partial charge on any atom is -0.352 e. The van der Waals surface area contributed by atoms with Crippen molar-refractivity contribution in [2.24, 2.45) is 0 Å². The van der Waals surface area contributed by atoms with Gasteiger partial charge in [0.25, 0.3) is 15.7 Å². The number of nitrogens with zero attached hydrogens (tertiary/aromatic N) is 3. The lowest BCUT2D eigenvalue weighted by Crippen LogP contribution is -2.52. The molecular formula is C29H31BrN4O6S. The Morgan fingerprint density at radius 3 is 2.29 bits per heavy atom. The first-order chi connectivity index (χ1) is 19.6. The number of nitro groups is 1. The minimum atomic E-state index is -4.25. The van der Waals surface area contributed by atoms with E-state index < -0.39 is 33.4 Å². The van der Waals surface area contributed by atoms with Crippen LogP contribution in [0.4, 0.5) is 11.4 Å². The molecule has 4 rings (SSSR count). The van der Waals surface area contributed by atoms with Gasteiger partial charge in [0.1, 0.15) is 12.6 Å². The van der Waals surface area contributed by atoms with Crippen molar-refractivity contribution < 1.29 is 22.9 Å². The summed E-state index contributed by atoms with van der Waals surface area (Å²) in [4.78, 5) is 39.2. The molecule has 2 amide bonds. The van der Waals surface area contributed by atoms with Crippen LogP contribution in [0.2, 0.25) is 0 Å². The first-order valence-corrected chi connectivity index (χ1v) is 15.5. The summed E-state index contributed by atoms with van der Waals surface area (Å²) >= 11 is 3.43. The van der Waals surface area contributed by atoms with Crippen LogP contribution in [0.5, 0.6) is 0 Å². The van der Waals surface area contributed by atoms with Crippen molar-refractivity contribution in [3.63, 3.8) is 0 Å². The smallest absolute Gasteiger partial charge is 0.269 e. The van der Waals surface area contributed by atoms with Crippen molar-refractivity contribution in [1.82, 2.24) is 10.2 Å². The van der Waals surface area contributed by atoms with E-state index in [0.29, 0.717) is 0 Å². The largest absolute Gasteiger partial charge is 0.352 e. The molecule has 0 unspecified atom stereocenters. The van der Waals surface area contributed by atoms with E-state index >= 15 is 0 Å². The number of hydrogen-bond acceptors (Lipinski definition) is 6. The molecule has 3 aromatic rings. The van der Waals surface area contributed by atoms with Crippen LogP contribution in [0.15, 0.2) is 88.2 Å². The zero-order valence-electron chi connectivity index (χ0n) is 22.5. The summed E-state index contributed by atoms with van der Waals surface area (Å²) in [5.41, 5.74) is 0.616. The topological polar surface area (TPSA) is 130 Å². The van der Waals surface area contributed by atoms with Crippen molar-refractivity contribution >= 4 is 49.1 Å². The van der Waals surface area contributed by atoms with E-state index in [4.69, 9.17) is 0 Å². The van der Waals surface area contributed by atoms with Gasteiger partial charge in [0, 0.05) is 29.2 Å². The Bertz CT molecular complexity index is 1500. The van der Waals surface area contributed by atoms with E-state index in [1.807, 2.05) is 24.3 Å².